The maximum Gasteiger partial charge on any atom is 0.573 e. The van der Waals surface area contributed by atoms with Crippen molar-refractivity contribution in [3.05, 3.63) is 76.2 Å². The minimum Gasteiger partial charge on any atom is -0.495 e. The lowest BCUT2D eigenvalue weighted by molar-refractivity contribution is -0.274. The zero-order chi connectivity index (χ0) is 25.3. The molecule has 0 atom stereocenters. The van der Waals surface area contributed by atoms with Gasteiger partial charge in [-0.3, -0.25) is 9.36 Å². The van der Waals surface area contributed by atoms with Crippen molar-refractivity contribution in [2.75, 3.05) is 7.11 Å². The first-order chi connectivity index (χ1) is 17.3. The molecule has 0 saturated heterocycles. The van der Waals surface area contributed by atoms with E-state index < -0.39 is 17.7 Å². The SMILES string of the molecule is COc1ccccc1-n1c(SCc2nc(=O)c3cc(OC(F)(F)F)ccc3[nH]2)nnc1-c1cccs1. The number of nitrogens with one attached hydrogen (secondary N) is 1. The van der Waals surface area contributed by atoms with Crippen molar-refractivity contribution in [2.45, 2.75) is 17.3 Å². The molecule has 5 aromatic rings. The molecule has 2 aromatic carbocycles. The van der Waals surface area contributed by atoms with Crippen LogP contribution in [0.25, 0.3) is 27.3 Å². The second-order valence-corrected chi connectivity index (χ2v) is 9.21. The summed E-state index contributed by atoms with van der Waals surface area (Å²) in [7, 11) is 1.58. The molecule has 0 saturated carbocycles. The van der Waals surface area contributed by atoms with Gasteiger partial charge in [0.2, 0.25) is 0 Å². The highest BCUT2D eigenvalue weighted by molar-refractivity contribution is 7.98. The van der Waals surface area contributed by atoms with Gasteiger partial charge in [-0.1, -0.05) is 30.0 Å². The second-order valence-electron chi connectivity index (χ2n) is 7.32. The molecule has 3 aromatic heterocycles. The van der Waals surface area contributed by atoms with E-state index in [0.29, 0.717) is 28.1 Å². The number of ether oxygens (including phenoxy) is 2. The molecule has 3 heterocycles. The average Bonchev–Trinajstić information content (AvgIpc) is 3.52. The zero-order valence-corrected chi connectivity index (χ0v) is 20.1. The number of H-pyrrole nitrogens is 1. The number of alkyl halides is 3. The maximum atomic E-state index is 12.5. The number of aromatic nitrogens is 5. The highest BCUT2D eigenvalue weighted by atomic mass is 32.2. The van der Waals surface area contributed by atoms with Crippen molar-refractivity contribution in [1.29, 1.82) is 0 Å². The third kappa shape index (κ3) is 4.93. The van der Waals surface area contributed by atoms with E-state index in [-0.39, 0.29) is 11.1 Å². The molecule has 36 heavy (non-hydrogen) atoms. The number of nitrogens with zero attached hydrogens (tertiary/aromatic N) is 4. The predicted octanol–water partition coefficient (Wildman–Crippen LogP) is 5.43. The first-order valence-electron chi connectivity index (χ1n) is 10.4. The Kier molecular flexibility index (Phi) is 6.41. The quantitative estimate of drug-likeness (QED) is 0.280. The largest absolute Gasteiger partial charge is 0.573 e. The van der Waals surface area contributed by atoms with Gasteiger partial charge in [-0.15, -0.1) is 34.7 Å². The molecular formula is C23H16F3N5O3S2. The van der Waals surface area contributed by atoms with E-state index >= 15 is 0 Å². The van der Waals surface area contributed by atoms with Crippen molar-refractivity contribution in [3.63, 3.8) is 0 Å². The van der Waals surface area contributed by atoms with Crippen LogP contribution in [0.1, 0.15) is 5.82 Å². The van der Waals surface area contributed by atoms with Gasteiger partial charge < -0.3 is 14.5 Å². The van der Waals surface area contributed by atoms with Gasteiger partial charge in [0.15, 0.2) is 11.0 Å². The monoisotopic (exact) mass is 531 g/mol. The zero-order valence-electron chi connectivity index (χ0n) is 18.4. The van der Waals surface area contributed by atoms with Gasteiger partial charge in [0.05, 0.1) is 34.3 Å². The van der Waals surface area contributed by atoms with E-state index in [1.54, 1.807) is 7.11 Å². The number of fused-ring (bicyclic) bond motifs is 1. The minimum atomic E-state index is -4.86. The number of rotatable bonds is 7. The Hall–Kier alpha value is -3.84. The smallest absolute Gasteiger partial charge is 0.495 e. The van der Waals surface area contributed by atoms with Crippen LogP contribution in [0.5, 0.6) is 11.5 Å². The minimum absolute atomic E-state index is 0.0114. The summed E-state index contributed by atoms with van der Waals surface area (Å²) in [5, 5.41) is 11.2. The number of halogens is 3. The summed E-state index contributed by atoms with van der Waals surface area (Å²) in [6.07, 6.45) is -4.86. The van der Waals surface area contributed by atoms with E-state index in [2.05, 4.69) is 24.9 Å². The van der Waals surface area contributed by atoms with Crippen LogP contribution in [0, 0.1) is 0 Å². The summed E-state index contributed by atoms with van der Waals surface area (Å²) >= 11 is 2.81. The Bertz CT molecular complexity index is 1580. The van der Waals surface area contributed by atoms with Crippen LogP contribution in [0.2, 0.25) is 0 Å². The molecule has 0 aliphatic rings. The molecule has 0 aliphatic heterocycles. The molecule has 0 bridgehead atoms. The van der Waals surface area contributed by atoms with E-state index in [0.717, 1.165) is 22.7 Å². The third-order valence-electron chi connectivity index (χ3n) is 5.01. The summed E-state index contributed by atoms with van der Waals surface area (Å²) < 4.78 is 48.9. The lowest BCUT2D eigenvalue weighted by atomic mass is 10.2. The number of hydrogen-bond acceptors (Lipinski definition) is 8. The van der Waals surface area contributed by atoms with Crippen LogP contribution in [0.15, 0.2) is 69.9 Å². The first kappa shape index (κ1) is 23.9. The summed E-state index contributed by atoms with van der Waals surface area (Å²) in [5.41, 5.74) is 0.413. The van der Waals surface area contributed by atoms with Gasteiger partial charge in [0.25, 0.3) is 5.56 Å². The van der Waals surface area contributed by atoms with Gasteiger partial charge in [0.1, 0.15) is 17.3 Å². The van der Waals surface area contributed by atoms with Gasteiger partial charge in [-0.2, -0.15) is 4.98 Å². The summed E-state index contributed by atoms with van der Waals surface area (Å²) in [6.45, 7) is 0. The molecule has 0 amide bonds. The van der Waals surface area contributed by atoms with Gasteiger partial charge in [-0.05, 0) is 41.8 Å². The van der Waals surface area contributed by atoms with Crippen LogP contribution in [0.4, 0.5) is 13.2 Å². The molecule has 13 heteroatoms. The number of benzene rings is 2. The van der Waals surface area contributed by atoms with Gasteiger partial charge >= 0.3 is 6.36 Å². The number of thiophene rings is 1. The lowest BCUT2D eigenvalue weighted by Gasteiger charge is -2.13. The Labute approximate surface area is 209 Å². The molecule has 0 fully saturated rings. The second kappa shape index (κ2) is 9.66. The van der Waals surface area contributed by atoms with Gasteiger partial charge in [0, 0.05) is 0 Å². The van der Waals surface area contributed by atoms with Crippen molar-refractivity contribution in [1.82, 2.24) is 24.7 Å². The molecule has 0 spiro atoms. The van der Waals surface area contributed by atoms with Crippen molar-refractivity contribution in [3.8, 4) is 27.9 Å². The number of aromatic amines is 1. The molecule has 1 N–H and O–H groups in total. The number of methoxy groups -OCH3 is 1. The van der Waals surface area contributed by atoms with Crippen molar-refractivity contribution >= 4 is 34.0 Å². The molecule has 184 valence electrons. The van der Waals surface area contributed by atoms with Crippen LogP contribution in [-0.2, 0) is 5.75 Å². The number of hydrogen-bond donors (Lipinski definition) is 1. The lowest BCUT2D eigenvalue weighted by Crippen LogP contribution is -2.17. The fraction of sp³-hybridized carbons (Fsp3) is 0.130. The fourth-order valence-corrected chi connectivity index (χ4v) is 5.05. The highest BCUT2D eigenvalue weighted by Gasteiger charge is 2.31. The molecule has 0 aliphatic carbocycles. The first-order valence-corrected chi connectivity index (χ1v) is 12.2. The van der Waals surface area contributed by atoms with E-state index in [9.17, 15) is 18.0 Å². The topological polar surface area (TPSA) is 94.9 Å². The Balaban J connectivity index is 1.48. The third-order valence-corrected chi connectivity index (χ3v) is 6.82. The normalized spacial score (nSPS) is 11.7. The van der Waals surface area contributed by atoms with Crippen LogP contribution < -0.4 is 15.0 Å². The predicted molar refractivity (Wildman–Crippen MR) is 130 cm³/mol. The van der Waals surface area contributed by atoms with Crippen LogP contribution >= 0.6 is 23.1 Å². The Morgan fingerprint density at radius 1 is 1.11 bits per heavy atom. The Morgan fingerprint density at radius 3 is 2.69 bits per heavy atom. The van der Waals surface area contributed by atoms with Gasteiger partial charge in [-0.25, -0.2) is 0 Å². The highest BCUT2D eigenvalue weighted by Crippen LogP contribution is 2.35. The van der Waals surface area contributed by atoms with Crippen LogP contribution in [-0.4, -0.2) is 38.2 Å². The van der Waals surface area contributed by atoms with E-state index in [4.69, 9.17) is 4.74 Å². The van der Waals surface area contributed by atoms with E-state index in [1.807, 2.05) is 46.3 Å². The maximum absolute atomic E-state index is 12.5. The summed E-state index contributed by atoms with van der Waals surface area (Å²) in [5.74, 6) is 1.33. The molecular weight excluding hydrogens is 515 g/mol. The molecule has 0 unspecified atom stereocenters. The number of thioether (sulfide) groups is 1. The summed E-state index contributed by atoms with van der Waals surface area (Å²) in [6, 6.07) is 14.8. The average molecular weight is 532 g/mol. The standard InChI is InChI=1S/C23H16F3N5O3S2/c1-33-17-6-3-2-5-16(17)31-20(18-7-4-10-35-18)29-30-22(31)36-12-19-27-15-9-8-13(34-23(24,25)26)11-14(15)21(32)28-19/h2-11H,12H2,1H3,(H,27,28,32). The van der Waals surface area contributed by atoms with Crippen LogP contribution in [0.3, 0.4) is 0 Å². The van der Waals surface area contributed by atoms with E-state index in [1.165, 1.54) is 29.2 Å². The fourth-order valence-electron chi connectivity index (χ4n) is 3.53. The molecule has 5 rings (SSSR count). The number of para-hydroxylation sites is 2. The Morgan fingerprint density at radius 2 is 1.94 bits per heavy atom. The van der Waals surface area contributed by atoms with Crippen molar-refractivity contribution in [2.24, 2.45) is 0 Å². The summed E-state index contributed by atoms with van der Waals surface area (Å²) in [4.78, 5) is 20.4. The van der Waals surface area contributed by atoms with Crippen molar-refractivity contribution < 1.29 is 22.6 Å². The molecule has 8 nitrogen and oxygen atoms in total. The molecule has 0 radical (unpaired) electrons.